The normalized spacial score (nSPS) is 27.7. The standard InChI is InChI=1S/C20H29N3O3/c1-13-10-18(13)20(25)21-9-8-19(24)22-16-4-6-17(7-5-16)23-11-14(2)26-15(3)12-23/h4-7,13-15,18H,8-12H2,1-3H3,(H,21,25)(H,22,24). The third kappa shape index (κ3) is 4.97. The number of benzene rings is 1. The fraction of sp³-hybridized carbons (Fsp3) is 0.600. The van der Waals surface area contributed by atoms with Crippen molar-refractivity contribution in [2.45, 2.75) is 45.8 Å². The van der Waals surface area contributed by atoms with E-state index in [0.717, 1.165) is 30.9 Å². The van der Waals surface area contributed by atoms with Crippen LogP contribution in [0.4, 0.5) is 11.4 Å². The van der Waals surface area contributed by atoms with Crippen molar-refractivity contribution < 1.29 is 14.3 Å². The highest BCUT2D eigenvalue weighted by Crippen LogP contribution is 2.37. The highest BCUT2D eigenvalue weighted by Gasteiger charge is 2.38. The molecule has 4 atom stereocenters. The molecule has 6 nitrogen and oxygen atoms in total. The summed E-state index contributed by atoms with van der Waals surface area (Å²) < 4.78 is 5.76. The molecule has 1 aromatic carbocycles. The predicted molar refractivity (Wildman–Crippen MR) is 102 cm³/mol. The van der Waals surface area contributed by atoms with Gasteiger partial charge in [-0.15, -0.1) is 0 Å². The van der Waals surface area contributed by atoms with Gasteiger partial charge in [-0.25, -0.2) is 0 Å². The number of anilines is 2. The fourth-order valence-electron chi connectivity index (χ4n) is 3.49. The largest absolute Gasteiger partial charge is 0.372 e. The van der Waals surface area contributed by atoms with Crippen LogP contribution in [0.5, 0.6) is 0 Å². The van der Waals surface area contributed by atoms with Gasteiger partial charge in [0, 0.05) is 43.3 Å². The molecule has 1 aliphatic heterocycles. The molecule has 6 heteroatoms. The summed E-state index contributed by atoms with van der Waals surface area (Å²) in [5.74, 6) is 0.621. The second-order valence-electron chi connectivity index (χ2n) is 7.62. The molecule has 2 aliphatic rings. The van der Waals surface area contributed by atoms with Crippen LogP contribution in [0.25, 0.3) is 0 Å². The molecule has 0 aromatic heterocycles. The van der Waals surface area contributed by atoms with Crippen LogP contribution in [0.1, 0.15) is 33.6 Å². The Balaban J connectivity index is 1.43. The zero-order valence-electron chi connectivity index (χ0n) is 15.8. The summed E-state index contributed by atoms with van der Waals surface area (Å²) in [5.41, 5.74) is 1.91. The number of carbonyl (C=O) groups is 2. The van der Waals surface area contributed by atoms with Crippen molar-refractivity contribution >= 4 is 23.2 Å². The Morgan fingerprint density at radius 3 is 2.31 bits per heavy atom. The first-order valence-electron chi connectivity index (χ1n) is 9.50. The summed E-state index contributed by atoms with van der Waals surface area (Å²) in [4.78, 5) is 26.1. The van der Waals surface area contributed by atoms with Gasteiger partial charge in [-0.2, -0.15) is 0 Å². The number of hydrogen-bond acceptors (Lipinski definition) is 4. The number of nitrogens with one attached hydrogen (secondary N) is 2. The van der Waals surface area contributed by atoms with Gasteiger partial charge in [-0.3, -0.25) is 9.59 Å². The van der Waals surface area contributed by atoms with E-state index in [1.54, 1.807) is 0 Å². The maximum absolute atomic E-state index is 12.0. The lowest BCUT2D eigenvalue weighted by Crippen LogP contribution is -2.45. The molecule has 1 saturated heterocycles. The van der Waals surface area contributed by atoms with Gasteiger partial charge in [-0.05, 0) is 50.5 Å². The van der Waals surface area contributed by atoms with E-state index in [1.165, 1.54) is 0 Å². The molecule has 2 fully saturated rings. The molecule has 1 aliphatic carbocycles. The zero-order valence-corrected chi connectivity index (χ0v) is 15.8. The Morgan fingerprint density at radius 2 is 1.73 bits per heavy atom. The SMILES string of the molecule is CC1CN(c2ccc(NC(=O)CCNC(=O)C3CC3C)cc2)CC(C)O1. The number of nitrogens with zero attached hydrogens (tertiary/aromatic N) is 1. The molecule has 1 heterocycles. The highest BCUT2D eigenvalue weighted by molar-refractivity contribution is 5.91. The van der Waals surface area contributed by atoms with E-state index in [2.05, 4.69) is 36.3 Å². The number of hydrogen-bond donors (Lipinski definition) is 2. The maximum atomic E-state index is 12.0. The molecule has 26 heavy (non-hydrogen) atoms. The Kier molecular flexibility index (Phi) is 5.81. The molecule has 142 valence electrons. The average Bonchev–Trinajstić information content (AvgIpc) is 3.31. The van der Waals surface area contributed by atoms with Gasteiger partial charge in [0.15, 0.2) is 0 Å². The molecule has 2 N–H and O–H groups in total. The number of morpholine rings is 1. The van der Waals surface area contributed by atoms with E-state index in [-0.39, 0.29) is 36.4 Å². The molecule has 3 rings (SSSR count). The molecule has 2 amide bonds. The van der Waals surface area contributed by atoms with Crippen LogP contribution in [0.3, 0.4) is 0 Å². The number of carbonyl (C=O) groups excluding carboxylic acids is 2. The average molecular weight is 359 g/mol. The van der Waals surface area contributed by atoms with Crippen molar-refractivity contribution in [3.05, 3.63) is 24.3 Å². The summed E-state index contributed by atoms with van der Waals surface area (Å²) in [6.45, 7) is 8.36. The summed E-state index contributed by atoms with van der Waals surface area (Å²) in [6.07, 6.45) is 1.68. The van der Waals surface area contributed by atoms with Crippen molar-refractivity contribution in [2.24, 2.45) is 11.8 Å². The molecule has 0 bridgehead atoms. The second-order valence-corrected chi connectivity index (χ2v) is 7.62. The summed E-state index contributed by atoms with van der Waals surface area (Å²) in [7, 11) is 0. The third-order valence-corrected chi connectivity index (χ3v) is 5.03. The van der Waals surface area contributed by atoms with Crippen LogP contribution in [-0.2, 0) is 14.3 Å². The van der Waals surface area contributed by atoms with Gasteiger partial charge in [0.2, 0.25) is 11.8 Å². The van der Waals surface area contributed by atoms with Crippen LogP contribution in [-0.4, -0.2) is 43.7 Å². The van der Waals surface area contributed by atoms with Gasteiger partial charge in [-0.1, -0.05) is 6.92 Å². The van der Waals surface area contributed by atoms with Gasteiger partial charge in [0.25, 0.3) is 0 Å². The first kappa shape index (κ1) is 18.7. The van der Waals surface area contributed by atoms with E-state index in [9.17, 15) is 9.59 Å². The minimum atomic E-state index is -0.0875. The van der Waals surface area contributed by atoms with E-state index < -0.39 is 0 Å². The van der Waals surface area contributed by atoms with E-state index in [4.69, 9.17) is 4.74 Å². The summed E-state index contributed by atoms with van der Waals surface area (Å²) in [5, 5.41) is 5.72. The van der Waals surface area contributed by atoms with Crippen LogP contribution >= 0.6 is 0 Å². The summed E-state index contributed by atoms with van der Waals surface area (Å²) >= 11 is 0. The quantitative estimate of drug-likeness (QED) is 0.818. The van der Waals surface area contributed by atoms with Crippen molar-refractivity contribution in [1.29, 1.82) is 0 Å². The van der Waals surface area contributed by atoms with Crippen molar-refractivity contribution in [3.8, 4) is 0 Å². The smallest absolute Gasteiger partial charge is 0.226 e. The predicted octanol–water partition coefficient (Wildman–Crippen LogP) is 2.40. The Morgan fingerprint density at radius 1 is 1.12 bits per heavy atom. The van der Waals surface area contributed by atoms with E-state index >= 15 is 0 Å². The fourth-order valence-corrected chi connectivity index (χ4v) is 3.49. The Hall–Kier alpha value is -2.08. The van der Waals surface area contributed by atoms with Crippen LogP contribution in [0.15, 0.2) is 24.3 Å². The van der Waals surface area contributed by atoms with Gasteiger partial charge in [0.1, 0.15) is 0 Å². The topological polar surface area (TPSA) is 70.7 Å². The molecule has 1 saturated carbocycles. The minimum Gasteiger partial charge on any atom is -0.372 e. The number of rotatable bonds is 6. The zero-order chi connectivity index (χ0) is 18.7. The lowest BCUT2D eigenvalue weighted by atomic mass is 10.2. The van der Waals surface area contributed by atoms with Gasteiger partial charge < -0.3 is 20.3 Å². The molecule has 1 aromatic rings. The molecular formula is C20H29N3O3. The van der Waals surface area contributed by atoms with Crippen molar-refractivity contribution in [1.82, 2.24) is 5.32 Å². The Labute approximate surface area is 155 Å². The van der Waals surface area contributed by atoms with Crippen molar-refractivity contribution in [2.75, 3.05) is 29.9 Å². The first-order chi connectivity index (χ1) is 12.4. The van der Waals surface area contributed by atoms with Crippen LogP contribution < -0.4 is 15.5 Å². The molecular weight excluding hydrogens is 330 g/mol. The minimum absolute atomic E-state index is 0.0728. The van der Waals surface area contributed by atoms with Crippen LogP contribution in [0.2, 0.25) is 0 Å². The molecule has 0 radical (unpaired) electrons. The first-order valence-corrected chi connectivity index (χ1v) is 9.50. The lowest BCUT2D eigenvalue weighted by Gasteiger charge is -2.36. The monoisotopic (exact) mass is 359 g/mol. The number of ether oxygens (including phenoxy) is 1. The maximum Gasteiger partial charge on any atom is 0.226 e. The highest BCUT2D eigenvalue weighted by atomic mass is 16.5. The van der Waals surface area contributed by atoms with E-state index in [0.29, 0.717) is 12.5 Å². The van der Waals surface area contributed by atoms with Crippen LogP contribution in [0, 0.1) is 11.8 Å². The third-order valence-electron chi connectivity index (χ3n) is 5.03. The number of amides is 2. The second kappa shape index (κ2) is 8.08. The van der Waals surface area contributed by atoms with E-state index in [1.807, 2.05) is 24.3 Å². The lowest BCUT2D eigenvalue weighted by molar-refractivity contribution is -0.122. The van der Waals surface area contributed by atoms with Gasteiger partial charge in [0.05, 0.1) is 12.2 Å². The Bertz CT molecular complexity index is 636. The van der Waals surface area contributed by atoms with Gasteiger partial charge >= 0.3 is 0 Å². The summed E-state index contributed by atoms with van der Waals surface area (Å²) in [6, 6.07) is 7.89. The molecule has 0 spiro atoms. The molecule has 4 unspecified atom stereocenters. The van der Waals surface area contributed by atoms with Crippen molar-refractivity contribution in [3.63, 3.8) is 0 Å².